The van der Waals surface area contributed by atoms with Crippen molar-refractivity contribution in [3.63, 3.8) is 0 Å². The largest absolute Gasteiger partial charge is 0.435 e. The Morgan fingerprint density at radius 2 is 1.85 bits per heavy atom. The van der Waals surface area contributed by atoms with Crippen LogP contribution in [-0.2, 0) is 16.0 Å². The third-order valence-electron chi connectivity index (χ3n) is 5.34. The number of para-hydroxylation sites is 1. The Balaban J connectivity index is 1.79. The van der Waals surface area contributed by atoms with Crippen LogP contribution in [0.25, 0.3) is 5.82 Å². The van der Waals surface area contributed by atoms with Crippen molar-refractivity contribution in [2.75, 3.05) is 11.6 Å². The molecular formula is C22H22F3N5O3S. The first-order valence-corrected chi connectivity index (χ1v) is 12.4. The van der Waals surface area contributed by atoms with E-state index in [1.54, 1.807) is 30.3 Å². The average molecular weight is 494 g/mol. The zero-order chi connectivity index (χ0) is 24.3. The maximum Gasteiger partial charge on any atom is 0.435 e. The van der Waals surface area contributed by atoms with Gasteiger partial charge < -0.3 is 10.2 Å². The summed E-state index contributed by atoms with van der Waals surface area (Å²) in [6.45, 7) is 0. The zero-order valence-electron chi connectivity index (χ0n) is 18.2. The third kappa shape index (κ3) is 5.38. The fraction of sp³-hybridized carbons (Fsp3) is 0.318. The highest BCUT2D eigenvalue weighted by molar-refractivity contribution is 7.90. The van der Waals surface area contributed by atoms with E-state index in [0.717, 1.165) is 49.0 Å². The van der Waals surface area contributed by atoms with Gasteiger partial charge in [0.05, 0.1) is 16.7 Å². The second-order valence-electron chi connectivity index (χ2n) is 7.91. The topological polar surface area (TPSA) is 98.5 Å². The molecule has 12 heteroatoms. The van der Waals surface area contributed by atoms with E-state index in [9.17, 15) is 21.6 Å². The predicted octanol–water partition coefficient (Wildman–Crippen LogP) is 4.46. The monoisotopic (exact) mass is 493 g/mol. The Labute approximate surface area is 194 Å². The van der Waals surface area contributed by atoms with E-state index in [4.69, 9.17) is 4.84 Å². The Bertz CT molecular complexity index is 1270. The number of nitrogens with zero attached hydrogens (tertiary/aromatic N) is 4. The van der Waals surface area contributed by atoms with Gasteiger partial charge >= 0.3 is 6.18 Å². The van der Waals surface area contributed by atoms with Crippen molar-refractivity contribution in [1.82, 2.24) is 14.8 Å². The molecule has 0 unspecified atom stereocenters. The smallest absolute Gasteiger partial charge is 0.367 e. The third-order valence-corrected chi connectivity index (χ3v) is 6.43. The molecule has 1 aliphatic rings. The van der Waals surface area contributed by atoms with Crippen LogP contribution in [0.2, 0.25) is 0 Å². The standard InChI is InChI=1S/C22H22F3N5O3S/c1-34(31,32)17-11-12-19(26-13-17)30-21(28-15-7-5-6-8-15)18(20(29-30)22(23,24)25)14-27-33-16-9-3-2-4-10-16/h2-4,9-15,28H,5-8H2,1H3/b27-14+. The summed E-state index contributed by atoms with van der Waals surface area (Å²) in [5.41, 5.74) is -1.47. The molecule has 4 rings (SSSR count). The highest BCUT2D eigenvalue weighted by atomic mass is 32.2. The van der Waals surface area contributed by atoms with E-state index in [-0.39, 0.29) is 28.1 Å². The van der Waals surface area contributed by atoms with Gasteiger partial charge in [-0.3, -0.25) is 0 Å². The number of oxime groups is 1. The highest BCUT2D eigenvalue weighted by Gasteiger charge is 2.40. The van der Waals surface area contributed by atoms with Crippen LogP contribution in [0.4, 0.5) is 19.0 Å². The Morgan fingerprint density at radius 1 is 1.15 bits per heavy atom. The van der Waals surface area contributed by atoms with Crippen LogP contribution in [0.5, 0.6) is 5.75 Å². The van der Waals surface area contributed by atoms with Crippen LogP contribution in [0, 0.1) is 0 Å². The van der Waals surface area contributed by atoms with E-state index in [0.29, 0.717) is 5.75 Å². The first-order chi connectivity index (χ1) is 16.1. The molecule has 180 valence electrons. The molecule has 1 saturated carbocycles. The molecule has 0 bridgehead atoms. The van der Waals surface area contributed by atoms with Gasteiger partial charge in [-0.1, -0.05) is 36.2 Å². The van der Waals surface area contributed by atoms with Crippen LogP contribution in [-0.4, -0.2) is 41.7 Å². The summed E-state index contributed by atoms with van der Waals surface area (Å²) in [7, 11) is -3.52. The zero-order valence-corrected chi connectivity index (χ0v) is 19.0. The summed E-state index contributed by atoms with van der Waals surface area (Å²) in [4.78, 5) is 9.23. The Morgan fingerprint density at radius 3 is 2.44 bits per heavy atom. The Hall–Kier alpha value is -3.41. The van der Waals surface area contributed by atoms with Gasteiger partial charge in [0.1, 0.15) is 5.82 Å². The minimum Gasteiger partial charge on any atom is -0.367 e. The van der Waals surface area contributed by atoms with Gasteiger partial charge in [0.25, 0.3) is 0 Å². The molecule has 0 spiro atoms. The van der Waals surface area contributed by atoms with Crippen molar-refractivity contribution >= 4 is 21.9 Å². The molecule has 1 N–H and O–H groups in total. The summed E-state index contributed by atoms with van der Waals surface area (Å²) in [5, 5.41) is 10.7. The van der Waals surface area contributed by atoms with E-state index < -0.39 is 21.7 Å². The molecule has 0 aliphatic heterocycles. The van der Waals surface area contributed by atoms with Gasteiger partial charge in [-0.25, -0.2) is 13.4 Å². The van der Waals surface area contributed by atoms with Gasteiger partial charge in [0, 0.05) is 18.5 Å². The number of rotatable bonds is 7. The fourth-order valence-corrected chi connectivity index (χ4v) is 4.23. The van der Waals surface area contributed by atoms with Gasteiger partial charge in [-0.15, -0.1) is 0 Å². The summed E-state index contributed by atoms with van der Waals surface area (Å²) in [6, 6.07) is 11.0. The number of anilines is 1. The van der Waals surface area contributed by atoms with E-state index >= 15 is 0 Å². The van der Waals surface area contributed by atoms with Crippen molar-refractivity contribution in [3.05, 3.63) is 59.9 Å². The van der Waals surface area contributed by atoms with Crippen LogP contribution in [0.1, 0.15) is 36.9 Å². The van der Waals surface area contributed by atoms with Crippen molar-refractivity contribution in [2.24, 2.45) is 5.16 Å². The molecule has 8 nitrogen and oxygen atoms in total. The lowest BCUT2D eigenvalue weighted by molar-refractivity contribution is -0.141. The quantitative estimate of drug-likeness (QED) is 0.386. The second-order valence-corrected chi connectivity index (χ2v) is 9.93. The van der Waals surface area contributed by atoms with Crippen molar-refractivity contribution < 1.29 is 26.4 Å². The van der Waals surface area contributed by atoms with Gasteiger partial charge in [-0.05, 0) is 37.1 Å². The number of nitrogens with one attached hydrogen (secondary N) is 1. The number of hydrogen-bond acceptors (Lipinski definition) is 7. The lowest BCUT2D eigenvalue weighted by Crippen LogP contribution is -2.19. The molecule has 0 atom stereocenters. The van der Waals surface area contributed by atoms with Gasteiger partial charge in [-0.2, -0.15) is 23.0 Å². The van der Waals surface area contributed by atoms with Crippen LogP contribution in [0.15, 0.2) is 58.7 Å². The number of aromatic nitrogens is 3. The van der Waals surface area contributed by atoms with Crippen LogP contribution in [0.3, 0.4) is 0 Å². The molecule has 1 fully saturated rings. The fourth-order valence-electron chi connectivity index (χ4n) is 3.67. The van der Waals surface area contributed by atoms with Crippen molar-refractivity contribution in [1.29, 1.82) is 0 Å². The SMILES string of the molecule is CS(=O)(=O)c1ccc(-n2nc(C(F)(F)F)c(/C=N/Oc3ccccc3)c2NC2CCCC2)nc1. The summed E-state index contributed by atoms with van der Waals surface area (Å²) >= 11 is 0. The summed E-state index contributed by atoms with van der Waals surface area (Å²) in [5.74, 6) is 0.448. The van der Waals surface area contributed by atoms with Crippen molar-refractivity contribution in [2.45, 2.75) is 42.8 Å². The average Bonchev–Trinajstić information content (AvgIpc) is 3.43. The molecule has 1 aromatic carbocycles. The first kappa shape index (κ1) is 23.7. The number of sulfone groups is 1. The van der Waals surface area contributed by atoms with Gasteiger partial charge in [0.2, 0.25) is 0 Å². The normalized spacial score (nSPS) is 15.2. The van der Waals surface area contributed by atoms with Crippen LogP contribution < -0.4 is 10.2 Å². The number of halogens is 3. The molecule has 2 heterocycles. The van der Waals surface area contributed by atoms with Crippen LogP contribution >= 0.6 is 0 Å². The van der Waals surface area contributed by atoms with E-state index in [1.165, 1.54) is 12.1 Å². The summed E-state index contributed by atoms with van der Waals surface area (Å²) < 4.78 is 66.3. The lowest BCUT2D eigenvalue weighted by Gasteiger charge is -2.16. The molecule has 0 radical (unpaired) electrons. The predicted molar refractivity (Wildman–Crippen MR) is 120 cm³/mol. The van der Waals surface area contributed by atoms with E-state index in [1.807, 2.05) is 0 Å². The molecule has 0 saturated heterocycles. The Kier molecular flexibility index (Phi) is 6.60. The number of alkyl halides is 3. The van der Waals surface area contributed by atoms with Crippen molar-refractivity contribution in [3.8, 4) is 11.6 Å². The minimum atomic E-state index is -4.78. The maximum atomic E-state index is 13.9. The number of pyridine rings is 1. The van der Waals surface area contributed by atoms with Gasteiger partial charge in [0.15, 0.2) is 27.1 Å². The molecule has 3 aromatic rings. The number of benzene rings is 1. The summed E-state index contributed by atoms with van der Waals surface area (Å²) in [6.07, 6.45) is 1.81. The molecule has 0 amide bonds. The second kappa shape index (κ2) is 9.45. The molecule has 2 aromatic heterocycles. The van der Waals surface area contributed by atoms with E-state index in [2.05, 4.69) is 20.6 Å². The maximum absolute atomic E-state index is 13.9. The lowest BCUT2D eigenvalue weighted by atomic mass is 10.2. The highest BCUT2D eigenvalue weighted by Crippen LogP contribution is 2.36. The molecular weight excluding hydrogens is 471 g/mol. The first-order valence-electron chi connectivity index (χ1n) is 10.5. The molecule has 1 aliphatic carbocycles. The number of hydrogen-bond donors (Lipinski definition) is 1. The minimum absolute atomic E-state index is 0.0297. The molecule has 34 heavy (non-hydrogen) atoms.